The Balaban J connectivity index is 1.93. The van der Waals surface area contributed by atoms with Crippen LogP contribution in [0.15, 0.2) is 24.3 Å². The molecular formula is C14H20N2O2. The third-order valence-electron chi connectivity index (χ3n) is 3.78. The molecule has 4 nitrogen and oxygen atoms in total. The highest BCUT2D eigenvalue weighted by Crippen LogP contribution is 2.48. The summed E-state index contributed by atoms with van der Waals surface area (Å²) in [5.41, 5.74) is 2.26. The lowest BCUT2D eigenvalue weighted by atomic mass is 10.0. The van der Waals surface area contributed by atoms with Crippen LogP contribution in [0.3, 0.4) is 0 Å². The molecule has 0 heterocycles. The van der Waals surface area contributed by atoms with E-state index < -0.39 is 6.09 Å². The fraction of sp³-hybridized carbons (Fsp3) is 0.500. The maximum absolute atomic E-state index is 11.0. The second-order valence-corrected chi connectivity index (χ2v) is 5.21. The van der Waals surface area contributed by atoms with Gasteiger partial charge in [-0.1, -0.05) is 6.92 Å². The molecule has 0 saturated heterocycles. The largest absolute Gasteiger partial charge is 0.453 e. The van der Waals surface area contributed by atoms with Crippen LogP contribution in [0.5, 0.6) is 0 Å². The van der Waals surface area contributed by atoms with Crippen LogP contribution in [-0.4, -0.2) is 19.2 Å². The predicted octanol–water partition coefficient (Wildman–Crippen LogP) is 3.47. The number of nitrogens with one attached hydrogen (secondary N) is 2. The monoisotopic (exact) mass is 248 g/mol. The van der Waals surface area contributed by atoms with Gasteiger partial charge in [-0.2, -0.15) is 0 Å². The first kappa shape index (κ1) is 12.7. The van der Waals surface area contributed by atoms with E-state index in [1.165, 1.54) is 20.0 Å². The molecule has 1 aromatic carbocycles. The van der Waals surface area contributed by atoms with Gasteiger partial charge in [0, 0.05) is 17.4 Å². The highest BCUT2D eigenvalue weighted by molar-refractivity contribution is 5.84. The van der Waals surface area contributed by atoms with E-state index in [2.05, 4.69) is 29.2 Å². The lowest BCUT2D eigenvalue weighted by Crippen LogP contribution is -2.24. The zero-order valence-electron chi connectivity index (χ0n) is 11.1. The number of rotatable bonds is 4. The Hall–Kier alpha value is -1.71. The highest BCUT2D eigenvalue weighted by Gasteiger charge is 2.42. The quantitative estimate of drug-likeness (QED) is 0.857. The standard InChI is InChI=1S/C14H20N2O2/c1-10(14(2)8-9-14)15-11-4-6-12(7-5-11)16-13(17)18-3/h4-7,10,15H,8-9H2,1-3H3,(H,16,17). The SMILES string of the molecule is COC(=O)Nc1ccc(NC(C)C2(C)CC2)cc1. The third kappa shape index (κ3) is 2.94. The topological polar surface area (TPSA) is 50.4 Å². The Morgan fingerprint density at radius 2 is 1.83 bits per heavy atom. The molecule has 1 fully saturated rings. The van der Waals surface area contributed by atoms with Gasteiger partial charge in [-0.25, -0.2) is 4.79 Å². The Bertz CT molecular complexity index is 424. The summed E-state index contributed by atoms with van der Waals surface area (Å²) >= 11 is 0. The number of carbonyl (C=O) groups excluding carboxylic acids is 1. The Morgan fingerprint density at radius 3 is 2.33 bits per heavy atom. The maximum atomic E-state index is 11.0. The van der Waals surface area contributed by atoms with E-state index in [0.717, 1.165) is 11.4 Å². The summed E-state index contributed by atoms with van der Waals surface area (Å²) in [5, 5.41) is 6.12. The highest BCUT2D eigenvalue weighted by atomic mass is 16.5. The van der Waals surface area contributed by atoms with Crippen LogP contribution in [0.2, 0.25) is 0 Å². The molecule has 18 heavy (non-hydrogen) atoms. The van der Waals surface area contributed by atoms with Crippen molar-refractivity contribution < 1.29 is 9.53 Å². The molecule has 1 aromatic rings. The van der Waals surface area contributed by atoms with E-state index in [9.17, 15) is 4.79 Å². The van der Waals surface area contributed by atoms with Gasteiger partial charge in [0.1, 0.15) is 0 Å². The van der Waals surface area contributed by atoms with Gasteiger partial charge in [0.2, 0.25) is 0 Å². The zero-order valence-corrected chi connectivity index (χ0v) is 11.1. The van der Waals surface area contributed by atoms with Crippen LogP contribution in [-0.2, 0) is 4.74 Å². The second-order valence-electron chi connectivity index (χ2n) is 5.21. The number of carbonyl (C=O) groups is 1. The van der Waals surface area contributed by atoms with Gasteiger partial charge in [0.25, 0.3) is 0 Å². The van der Waals surface area contributed by atoms with Crippen LogP contribution in [0.1, 0.15) is 26.7 Å². The second kappa shape index (κ2) is 4.88. The van der Waals surface area contributed by atoms with E-state index in [0.29, 0.717) is 11.5 Å². The van der Waals surface area contributed by atoms with E-state index in [1.807, 2.05) is 24.3 Å². The van der Waals surface area contributed by atoms with Gasteiger partial charge in [-0.15, -0.1) is 0 Å². The average molecular weight is 248 g/mol. The zero-order chi connectivity index (χ0) is 13.2. The molecular weight excluding hydrogens is 228 g/mol. The molecule has 0 bridgehead atoms. The van der Waals surface area contributed by atoms with Crippen molar-refractivity contribution in [2.75, 3.05) is 17.7 Å². The molecule has 1 aliphatic carbocycles. The molecule has 2 N–H and O–H groups in total. The summed E-state index contributed by atoms with van der Waals surface area (Å²) in [4.78, 5) is 11.0. The Labute approximate surface area is 108 Å². The summed E-state index contributed by atoms with van der Waals surface area (Å²) in [6, 6.07) is 8.13. The molecule has 0 radical (unpaired) electrons. The number of ether oxygens (including phenoxy) is 1. The maximum Gasteiger partial charge on any atom is 0.411 e. The summed E-state index contributed by atoms with van der Waals surface area (Å²) in [6.45, 7) is 4.52. The van der Waals surface area contributed by atoms with Crippen LogP contribution in [0.4, 0.5) is 16.2 Å². The lowest BCUT2D eigenvalue weighted by molar-refractivity contribution is 0.187. The van der Waals surface area contributed by atoms with Crippen molar-refractivity contribution in [1.29, 1.82) is 0 Å². The minimum absolute atomic E-state index is 0.447. The molecule has 0 spiro atoms. The van der Waals surface area contributed by atoms with Crippen LogP contribution < -0.4 is 10.6 Å². The van der Waals surface area contributed by atoms with Crippen molar-refractivity contribution in [2.45, 2.75) is 32.7 Å². The van der Waals surface area contributed by atoms with Gasteiger partial charge in [0.15, 0.2) is 0 Å². The predicted molar refractivity (Wildman–Crippen MR) is 72.9 cm³/mol. The smallest absolute Gasteiger partial charge is 0.411 e. The van der Waals surface area contributed by atoms with Crippen molar-refractivity contribution in [3.8, 4) is 0 Å². The van der Waals surface area contributed by atoms with Gasteiger partial charge in [-0.05, 0) is 49.4 Å². The third-order valence-corrected chi connectivity index (χ3v) is 3.78. The van der Waals surface area contributed by atoms with E-state index in [1.54, 1.807) is 0 Å². The van der Waals surface area contributed by atoms with Gasteiger partial charge >= 0.3 is 6.09 Å². The first-order valence-corrected chi connectivity index (χ1v) is 6.25. The van der Waals surface area contributed by atoms with Gasteiger partial charge < -0.3 is 10.1 Å². The fourth-order valence-corrected chi connectivity index (χ4v) is 1.87. The van der Waals surface area contributed by atoms with Gasteiger partial charge in [0.05, 0.1) is 7.11 Å². The summed E-state index contributed by atoms with van der Waals surface area (Å²) in [7, 11) is 1.35. The molecule has 2 rings (SSSR count). The minimum Gasteiger partial charge on any atom is -0.453 e. The van der Waals surface area contributed by atoms with E-state index >= 15 is 0 Å². The molecule has 1 amide bonds. The number of anilines is 2. The van der Waals surface area contributed by atoms with E-state index in [-0.39, 0.29) is 0 Å². The number of benzene rings is 1. The van der Waals surface area contributed by atoms with Crippen molar-refractivity contribution >= 4 is 17.5 Å². The lowest BCUT2D eigenvalue weighted by Gasteiger charge is -2.21. The minimum atomic E-state index is -0.449. The van der Waals surface area contributed by atoms with Crippen LogP contribution in [0.25, 0.3) is 0 Å². The summed E-state index contributed by atoms with van der Waals surface area (Å²) in [6.07, 6.45) is 2.14. The molecule has 0 aromatic heterocycles. The average Bonchev–Trinajstić information content (AvgIpc) is 3.11. The van der Waals surface area contributed by atoms with Crippen molar-refractivity contribution in [2.24, 2.45) is 5.41 Å². The molecule has 98 valence electrons. The van der Waals surface area contributed by atoms with E-state index in [4.69, 9.17) is 0 Å². The normalized spacial score (nSPS) is 17.7. The number of hydrogen-bond donors (Lipinski definition) is 2. The van der Waals surface area contributed by atoms with Gasteiger partial charge in [-0.3, -0.25) is 5.32 Å². The van der Waals surface area contributed by atoms with Crippen LogP contribution >= 0.6 is 0 Å². The van der Waals surface area contributed by atoms with Crippen molar-refractivity contribution in [3.05, 3.63) is 24.3 Å². The number of hydrogen-bond acceptors (Lipinski definition) is 3. The summed E-state index contributed by atoms with van der Waals surface area (Å²) < 4.78 is 4.54. The first-order chi connectivity index (χ1) is 8.53. The number of methoxy groups -OCH3 is 1. The first-order valence-electron chi connectivity index (χ1n) is 6.25. The Kier molecular flexibility index (Phi) is 3.45. The molecule has 1 saturated carbocycles. The molecule has 0 aliphatic heterocycles. The Morgan fingerprint density at radius 1 is 1.28 bits per heavy atom. The molecule has 1 aliphatic rings. The van der Waals surface area contributed by atoms with Crippen molar-refractivity contribution in [1.82, 2.24) is 0 Å². The fourth-order valence-electron chi connectivity index (χ4n) is 1.87. The van der Waals surface area contributed by atoms with Crippen molar-refractivity contribution in [3.63, 3.8) is 0 Å². The molecule has 1 atom stereocenters. The summed E-state index contributed by atoms with van der Waals surface area (Å²) in [5.74, 6) is 0. The molecule has 4 heteroatoms. The number of amides is 1. The van der Waals surface area contributed by atoms with Crippen LogP contribution in [0, 0.1) is 5.41 Å². The molecule has 1 unspecified atom stereocenters.